The number of rotatable bonds is 4. The Labute approximate surface area is 186 Å². The van der Waals surface area contributed by atoms with Crippen molar-refractivity contribution in [2.45, 2.75) is 19.9 Å². The molecule has 1 fully saturated rings. The summed E-state index contributed by atoms with van der Waals surface area (Å²) in [6, 6.07) is 9.78. The van der Waals surface area contributed by atoms with Crippen LogP contribution in [0, 0.1) is 13.8 Å². The van der Waals surface area contributed by atoms with Crippen molar-refractivity contribution in [3.05, 3.63) is 73.9 Å². The molecule has 1 saturated heterocycles. The van der Waals surface area contributed by atoms with E-state index in [1.54, 1.807) is 31.2 Å². The number of aliphatic hydroxyl groups is 1. The number of anilines is 1. The first-order valence-corrected chi connectivity index (χ1v) is 11.0. The van der Waals surface area contributed by atoms with Crippen LogP contribution in [0.5, 0.6) is 0 Å². The van der Waals surface area contributed by atoms with Crippen molar-refractivity contribution >= 4 is 51.2 Å². The predicted octanol–water partition coefficient (Wildman–Crippen LogP) is 4.23. The van der Waals surface area contributed by atoms with Crippen molar-refractivity contribution in [1.82, 2.24) is 4.98 Å². The van der Waals surface area contributed by atoms with Crippen LogP contribution in [0.25, 0.3) is 5.76 Å². The average molecular weight is 455 g/mol. The lowest BCUT2D eigenvalue weighted by molar-refractivity contribution is -0.132. The number of aromatic nitrogens is 1. The maximum Gasteiger partial charge on any atom is 0.350 e. The van der Waals surface area contributed by atoms with Gasteiger partial charge in [-0.15, -0.1) is 11.3 Å². The maximum atomic E-state index is 13.1. The maximum absolute atomic E-state index is 13.1. The molecule has 0 bridgehead atoms. The average Bonchev–Trinajstić information content (AvgIpc) is 3.47. The van der Waals surface area contributed by atoms with Gasteiger partial charge in [0.2, 0.25) is 0 Å². The molecule has 1 aliphatic rings. The van der Waals surface area contributed by atoms with Crippen molar-refractivity contribution < 1.29 is 24.2 Å². The summed E-state index contributed by atoms with van der Waals surface area (Å²) < 4.78 is 4.78. The van der Waals surface area contributed by atoms with E-state index in [-0.39, 0.29) is 21.3 Å². The van der Waals surface area contributed by atoms with Crippen molar-refractivity contribution in [1.29, 1.82) is 0 Å². The first-order chi connectivity index (χ1) is 14.8. The largest absolute Gasteiger partial charge is 0.507 e. The Kier molecular flexibility index (Phi) is 5.47. The summed E-state index contributed by atoms with van der Waals surface area (Å²) in [4.78, 5) is 44.7. The Morgan fingerprint density at radius 2 is 1.87 bits per heavy atom. The lowest BCUT2D eigenvalue weighted by Gasteiger charge is -2.21. The number of hydrogen-bond donors (Lipinski definition) is 1. The Bertz CT molecular complexity index is 1210. The highest BCUT2D eigenvalue weighted by atomic mass is 32.1. The van der Waals surface area contributed by atoms with E-state index in [1.807, 2.05) is 24.4 Å². The number of aliphatic hydroxyl groups excluding tert-OH is 1. The SMILES string of the molecule is COC(=O)c1sc(N2C(=O)C(=O)C(=C(O)c3ccc(C)cc3)C2c2cccs2)nc1C. The number of methoxy groups -OCH3 is 1. The Balaban J connectivity index is 1.90. The lowest BCUT2D eigenvalue weighted by Crippen LogP contribution is -2.29. The monoisotopic (exact) mass is 454 g/mol. The number of amides is 1. The fourth-order valence-corrected chi connectivity index (χ4v) is 5.22. The van der Waals surface area contributed by atoms with Gasteiger partial charge in [-0.25, -0.2) is 9.78 Å². The fourth-order valence-electron chi connectivity index (χ4n) is 3.38. The van der Waals surface area contributed by atoms with Crippen LogP contribution in [-0.2, 0) is 14.3 Å². The molecule has 1 atom stereocenters. The highest BCUT2D eigenvalue weighted by Gasteiger charge is 2.48. The molecule has 0 saturated carbocycles. The number of Topliss-reactive ketones (excluding diaryl/α,β-unsaturated/α-hetero) is 1. The third-order valence-electron chi connectivity index (χ3n) is 4.94. The summed E-state index contributed by atoms with van der Waals surface area (Å²) in [5, 5.41) is 13.0. The van der Waals surface area contributed by atoms with E-state index >= 15 is 0 Å². The van der Waals surface area contributed by atoms with Crippen molar-refractivity contribution in [3.8, 4) is 0 Å². The molecule has 7 nitrogen and oxygen atoms in total. The van der Waals surface area contributed by atoms with Crippen LogP contribution >= 0.6 is 22.7 Å². The summed E-state index contributed by atoms with van der Waals surface area (Å²) in [6.07, 6.45) is 0. The lowest BCUT2D eigenvalue weighted by atomic mass is 9.99. The third kappa shape index (κ3) is 3.55. The zero-order valence-corrected chi connectivity index (χ0v) is 18.5. The summed E-state index contributed by atoms with van der Waals surface area (Å²) >= 11 is 2.33. The van der Waals surface area contributed by atoms with Gasteiger partial charge in [-0.3, -0.25) is 14.5 Å². The minimum Gasteiger partial charge on any atom is -0.507 e. The van der Waals surface area contributed by atoms with Gasteiger partial charge in [0.1, 0.15) is 16.7 Å². The molecule has 0 radical (unpaired) electrons. The van der Waals surface area contributed by atoms with E-state index in [4.69, 9.17) is 4.74 Å². The van der Waals surface area contributed by atoms with Crippen LogP contribution in [0.3, 0.4) is 0 Å². The van der Waals surface area contributed by atoms with E-state index in [9.17, 15) is 19.5 Å². The van der Waals surface area contributed by atoms with Gasteiger partial charge in [-0.1, -0.05) is 47.2 Å². The summed E-state index contributed by atoms with van der Waals surface area (Å²) in [7, 11) is 1.26. The number of thiazole rings is 1. The molecule has 2 aromatic heterocycles. The van der Waals surface area contributed by atoms with Gasteiger partial charge in [0, 0.05) is 10.4 Å². The summed E-state index contributed by atoms with van der Waals surface area (Å²) in [5.74, 6) is -2.42. The number of esters is 1. The first kappa shape index (κ1) is 21.0. The number of benzene rings is 1. The number of thiophene rings is 1. The summed E-state index contributed by atoms with van der Waals surface area (Å²) in [5.41, 5.74) is 1.83. The second-order valence-corrected chi connectivity index (χ2v) is 8.91. The van der Waals surface area contributed by atoms with E-state index < -0.39 is 23.7 Å². The number of carbonyl (C=O) groups excluding carboxylic acids is 3. The molecule has 0 aliphatic carbocycles. The molecule has 3 aromatic rings. The molecular formula is C22H18N2O5S2. The van der Waals surface area contributed by atoms with Crippen LogP contribution in [0.15, 0.2) is 47.4 Å². The first-order valence-electron chi connectivity index (χ1n) is 9.30. The normalized spacial score (nSPS) is 17.9. The number of ether oxygens (including phenoxy) is 1. The van der Waals surface area contributed by atoms with Gasteiger partial charge >= 0.3 is 11.9 Å². The molecule has 1 aliphatic heterocycles. The zero-order chi connectivity index (χ0) is 22.3. The minimum atomic E-state index is -0.850. The van der Waals surface area contributed by atoms with Gasteiger partial charge < -0.3 is 9.84 Å². The molecule has 1 aromatic carbocycles. The quantitative estimate of drug-likeness (QED) is 0.274. The molecule has 0 spiro atoms. The van der Waals surface area contributed by atoms with Gasteiger partial charge in [0.25, 0.3) is 5.78 Å². The van der Waals surface area contributed by atoms with Crippen molar-refractivity contribution in [3.63, 3.8) is 0 Å². The number of aryl methyl sites for hydroxylation is 2. The fraction of sp³-hybridized carbons (Fsp3) is 0.182. The highest BCUT2D eigenvalue weighted by Crippen LogP contribution is 2.45. The summed E-state index contributed by atoms with van der Waals surface area (Å²) in [6.45, 7) is 3.55. The van der Waals surface area contributed by atoms with Crippen LogP contribution in [0.1, 0.15) is 37.4 Å². The molecule has 1 unspecified atom stereocenters. The van der Waals surface area contributed by atoms with Gasteiger partial charge in [-0.2, -0.15) is 0 Å². The number of carbonyl (C=O) groups is 3. The van der Waals surface area contributed by atoms with Crippen molar-refractivity contribution in [2.24, 2.45) is 0 Å². The standard InChI is InChI=1S/C22H18N2O5S2/c1-11-6-8-13(9-7-11)17(25)15-16(14-5-4-10-30-14)24(20(27)18(15)26)22-23-12(2)19(31-22)21(28)29-3/h4-10,16,25H,1-3H3. The Morgan fingerprint density at radius 1 is 1.16 bits per heavy atom. The van der Waals surface area contributed by atoms with Crippen LogP contribution in [0.2, 0.25) is 0 Å². The molecular weight excluding hydrogens is 436 g/mol. The number of hydrogen-bond acceptors (Lipinski definition) is 8. The van der Waals surface area contributed by atoms with Crippen molar-refractivity contribution in [2.75, 3.05) is 12.0 Å². The molecule has 3 heterocycles. The topological polar surface area (TPSA) is 96.8 Å². The molecule has 4 rings (SSSR count). The van der Waals surface area contributed by atoms with Gasteiger partial charge in [0.15, 0.2) is 5.13 Å². The van der Waals surface area contributed by atoms with E-state index in [2.05, 4.69) is 4.98 Å². The smallest absolute Gasteiger partial charge is 0.350 e. The Morgan fingerprint density at radius 3 is 2.48 bits per heavy atom. The molecule has 9 heteroatoms. The van der Waals surface area contributed by atoms with Crippen LogP contribution in [-0.4, -0.2) is 34.9 Å². The van der Waals surface area contributed by atoms with Crippen LogP contribution < -0.4 is 4.90 Å². The third-order valence-corrected chi connectivity index (χ3v) is 7.01. The molecule has 1 N–H and O–H groups in total. The predicted molar refractivity (Wildman–Crippen MR) is 118 cm³/mol. The second kappa shape index (κ2) is 8.09. The number of nitrogens with zero attached hydrogens (tertiary/aromatic N) is 2. The minimum absolute atomic E-state index is 0.0104. The molecule has 1 amide bonds. The van der Waals surface area contributed by atoms with Gasteiger partial charge in [-0.05, 0) is 25.3 Å². The molecule has 31 heavy (non-hydrogen) atoms. The Hall–Kier alpha value is -3.30. The zero-order valence-electron chi connectivity index (χ0n) is 16.9. The molecule has 158 valence electrons. The van der Waals surface area contributed by atoms with E-state index in [1.165, 1.54) is 23.3 Å². The van der Waals surface area contributed by atoms with Gasteiger partial charge in [0.05, 0.1) is 18.4 Å². The van der Waals surface area contributed by atoms with Crippen LogP contribution in [0.4, 0.5) is 5.13 Å². The highest BCUT2D eigenvalue weighted by molar-refractivity contribution is 7.18. The van der Waals surface area contributed by atoms with E-state index in [0.29, 0.717) is 16.1 Å². The number of ketones is 1. The van der Waals surface area contributed by atoms with E-state index in [0.717, 1.165) is 16.9 Å². The second-order valence-electron chi connectivity index (χ2n) is 6.95.